The van der Waals surface area contributed by atoms with Crippen molar-refractivity contribution in [2.75, 3.05) is 13.7 Å². The van der Waals surface area contributed by atoms with E-state index in [1.807, 2.05) is 20.8 Å². The van der Waals surface area contributed by atoms with Crippen LogP contribution in [0.25, 0.3) is 0 Å². The Kier molecular flexibility index (Phi) is 6.80. The highest BCUT2D eigenvalue weighted by Crippen LogP contribution is 2.14. The first-order valence-corrected chi connectivity index (χ1v) is 5.86. The summed E-state index contributed by atoms with van der Waals surface area (Å²) in [7, 11) is 1.31. The van der Waals surface area contributed by atoms with E-state index >= 15 is 0 Å². The van der Waals surface area contributed by atoms with E-state index in [1.54, 1.807) is 6.92 Å². The van der Waals surface area contributed by atoms with Gasteiger partial charge in [-0.05, 0) is 27.2 Å². The number of ether oxygens (including phenoxy) is 2. The number of esters is 1. The maximum absolute atomic E-state index is 11.6. The quantitative estimate of drug-likeness (QED) is 0.686. The van der Waals surface area contributed by atoms with Crippen LogP contribution in [0.1, 0.15) is 40.5 Å². The molecule has 1 atom stereocenters. The highest BCUT2D eigenvalue weighted by Gasteiger charge is 2.34. The number of hydrogen-bond donors (Lipinski definition) is 1. The zero-order valence-electron chi connectivity index (χ0n) is 11.3. The SMILES string of the molecule is CCCC(C)(NC(=O)COC(C)C)C(=O)OC. The van der Waals surface area contributed by atoms with Crippen LogP contribution in [0.2, 0.25) is 0 Å². The van der Waals surface area contributed by atoms with Crippen molar-refractivity contribution in [1.29, 1.82) is 0 Å². The van der Waals surface area contributed by atoms with Gasteiger partial charge in [0.1, 0.15) is 12.1 Å². The second kappa shape index (κ2) is 7.27. The Balaban J connectivity index is 4.43. The van der Waals surface area contributed by atoms with Gasteiger partial charge in [-0.1, -0.05) is 13.3 Å². The van der Waals surface area contributed by atoms with Crippen molar-refractivity contribution in [2.24, 2.45) is 0 Å². The van der Waals surface area contributed by atoms with Crippen LogP contribution in [-0.4, -0.2) is 37.2 Å². The van der Waals surface area contributed by atoms with Gasteiger partial charge < -0.3 is 14.8 Å². The molecule has 1 unspecified atom stereocenters. The maximum atomic E-state index is 11.6. The number of carbonyl (C=O) groups is 2. The molecule has 5 heteroatoms. The summed E-state index contributed by atoms with van der Waals surface area (Å²) in [6.07, 6.45) is 1.29. The first-order chi connectivity index (χ1) is 7.85. The van der Waals surface area contributed by atoms with Gasteiger partial charge in [0.15, 0.2) is 0 Å². The second-order valence-corrected chi connectivity index (χ2v) is 4.48. The van der Waals surface area contributed by atoms with E-state index in [9.17, 15) is 9.59 Å². The van der Waals surface area contributed by atoms with Gasteiger partial charge >= 0.3 is 5.97 Å². The average molecular weight is 245 g/mol. The number of nitrogens with one attached hydrogen (secondary N) is 1. The smallest absolute Gasteiger partial charge is 0.331 e. The largest absolute Gasteiger partial charge is 0.467 e. The highest BCUT2D eigenvalue weighted by molar-refractivity contribution is 5.88. The van der Waals surface area contributed by atoms with Gasteiger partial charge in [0.2, 0.25) is 5.91 Å². The lowest BCUT2D eigenvalue weighted by Gasteiger charge is -2.27. The Bertz CT molecular complexity index is 265. The zero-order chi connectivity index (χ0) is 13.5. The highest BCUT2D eigenvalue weighted by atomic mass is 16.5. The minimum atomic E-state index is -0.971. The van der Waals surface area contributed by atoms with Gasteiger partial charge in [0, 0.05) is 0 Å². The third kappa shape index (κ3) is 5.68. The van der Waals surface area contributed by atoms with E-state index in [0.717, 1.165) is 6.42 Å². The average Bonchev–Trinajstić information content (AvgIpc) is 2.25. The Hall–Kier alpha value is -1.10. The van der Waals surface area contributed by atoms with Crippen LogP contribution in [0.3, 0.4) is 0 Å². The van der Waals surface area contributed by atoms with Crippen molar-refractivity contribution in [3.63, 3.8) is 0 Å². The molecule has 0 aliphatic rings. The van der Waals surface area contributed by atoms with Gasteiger partial charge in [-0.3, -0.25) is 4.79 Å². The summed E-state index contributed by atoms with van der Waals surface area (Å²) in [6, 6.07) is 0. The lowest BCUT2D eigenvalue weighted by Crippen LogP contribution is -2.53. The lowest BCUT2D eigenvalue weighted by atomic mass is 9.96. The van der Waals surface area contributed by atoms with E-state index in [2.05, 4.69) is 5.32 Å². The van der Waals surface area contributed by atoms with Crippen LogP contribution in [-0.2, 0) is 19.1 Å². The first-order valence-electron chi connectivity index (χ1n) is 5.86. The molecule has 1 amide bonds. The zero-order valence-corrected chi connectivity index (χ0v) is 11.3. The van der Waals surface area contributed by atoms with Gasteiger partial charge in [-0.15, -0.1) is 0 Å². The molecular formula is C12H23NO4. The molecule has 100 valence electrons. The summed E-state index contributed by atoms with van der Waals surface area (Å²) in [5, 5.41) is 2.66. The summed E-state index contributed by atoms with van der Waals surface area (Å²) in [5.41, 5.74) is -0.971. The molecular weight excluding hydrogens is 222 g/mol. The van der Waals surface area contributed by atoms with Crippen molar-refractivity contribution < 1.29 is 19.1 Å². The van der Waals surface area contributed by atoms with Gasteiger partial charge in [0.25, 0.3) is 0 Å². The predicted octanol–water partition coefficient (Wildman–Crippen LogP) is 1.26. The molecule has 17 heavy (non-hydrogen) atoms. The maximum Gasteiger partial charge on any atom is 0.331 e. The van der Waals surface area contributed by atoms with Crippen molar-refractivity contribution in [2.45, 2.75) is 52.2 Å². The molecule has 0 aromatic heterocycles. The fourth-order valence-electron chi connectivity index (χ4n) is 1.53. The number of methoxy groups -OCH3 is 1. The molecule has 0 aromatic carbocycles. The van der Waals surface area contributed by atoms with E-state index in [0.29, 0.717) is 6.42 Å². The van der Waals surface area contributed by atoms with E-state index in [1.165, 1.54) is 7.11 Å². The third-order valence-corrected chi connectivity index (χ3v) is 2.35. The topological polar surface area (TPSA) is 64.6 Å². The van der Waals surface area contributed by atoms with Gasteiger partial charge in [-0.2, -0.15) is 0 Å². The molecule has 0 saturated heterocycles. The Labute approximate surface area is 103 Å². The number of rotatable bonds is 7. The second-order valence-electron chi connectivity index (χ2n) is 4.48. The molecule has 0 aromatic rings. The summed E-state index contributed by atoms with van der Waals surface area (Å²) < 4.78 is 9.88. The van der Waals surface area contributed by atoms with Crippen molar-refractivity contribution in [1.82, 2.24) is 5.32 Å². The molecule has 0 heterocycles. The molecule has 1 N–H and O–H groups in total. The fourth-order valence-corrected chi connectivity index (χ4v) is 1.53. The molecule has 5 nitrogen and oxygen atoms in total. The summed E-state index contributed by atoms with van der Waals surface area (Å²) in [5.74, 6) is -0.739. The summed E-state index contributed by atoms with van der Waals surface area (Å²) >= 11 is 0. The number of carbonyl (C=O) groups excluding carboxylic acids is 2. The summed E-state index contributed by atoms with van der Waals surface area (Å²) in [4.78, 5) is 23.2. The van der Waals surface area contributed by atoms with Gasteiger partial charge in [-0.25, -0.2) is 4.79 Å². The van der Waals surface area contributed by atoms with Crippen LogP contribution < -0.4 is 5.32 Å². The van der Waals surface area contributed by atoms with Crippen LogP contribution >= 0.6 is 0 Å². The normalized spacial score (nSPS) is 14.2. The Morgan fingerprint density at radius 3 is 2.35 bits per heavy atom. The van der Waals surface area contributed by atoms with E-state index in [4.69, 9.17) is 9.47 Å². The first kappa shape index (κ1) is 15.9. The van der Waals surface area contributed by atoms with Crippen molar-refractivity contribution in [3.8, 4) is 0 Å². The molecule has 0 fully saturated rings. The molecule has 0 saturated carbocycles. The monoisotopic (exact) mass is 245 g/mol. The van der Waals surface area contributed by atoms with E-state index in [-0.39, 0.29) is 18.6 Å². The number of hydrogen-bond acceptors (Lipinski definition) is 4. The van der Waals surface area contributed by atoms with Crippen LogP contribution in [0.5, 0.6) is 0 Å². The number of amides is 1. The van der Waals surface area contributed by atoms with Crippen molar-refractivity contribution >= 4 is 11.9 Å². The Morgan fingerprint density at radius 2 is 1.94 bits per heavy atom. The fraction of sp³-hybridized carbons (Fsp3) is 0.833. The molecule has 0 radical (unpaired) electrons. The Morgan fingerprint density at radius 1 is 1.35 bits per heavy atom. The minimum absolute atomic E-state index is 0.0173. The van der Waals surface area contributed by atoms with E-state index < -0.39 is 11.5 Å². The molecule has 0 spiro atoms. The van der Waals surface area contributed by atoms with Gasteiger partial charge in [0.05, 0.1) is 13.2 Å². The minimum Gasteiger partial charge on any atom is -0.467 e. The third-order valence-electron chi connectivity index (χ3n) is 2.35. The van der Waals surface area contributed by atoms with Crippen LogP contribution in [0.15, 0.2) is 0 Å². The predicted molar refractivity (Wildman–Crippen MR) is 64.6 cm³/mol. The van der Waals surface area contributed by atoms with Crippen LogP contribution in [0.4, 0.5) is 0 Å². The standard InChI is InChI=1S/C12H23NO4/c1-6-7-12(4,11(15)16-5)13-10(14)8-17-9(2)3/h9H,6-8H2,1-5H3,(H,13,14). The molecule has 0 bridgehead atoms. The van der Waals surface area contributed by atoms with Crippen LogP contribution in [0, 0.1) is 0 Å². The molecule has 0 rings (SSSR count). The lowest BCUT2D eigenvalue weighted by molar-refractivity contribution is -0.151. The molecule has 0 aliphatic heterocycles. The molecule has 0 aliphatic carbocycles. The summed E-state index contributed by atoms with van der Waals surface area (Å²) in [6.45, 7) is 7.25. The van der Waals surface area contributed by atoms with Crippen molar-refractivity contribution in [3.05, 3.63) is 0 Å².